The number of benzene rings is 1. The predicted octanol–water partition coefficient (Wildman–Crippen LogP) is 4.21. The summed E-state index contributed by atoms with van der Waals surface area (Å²) in [6.45, 7) is 0.875. The molecule has 0 saturated heterocycles. The molecule has 0 unspecified atom stereocenters. The zero-order chi connectivity index (χ0) is 11.1. The number of unbranched alkanes of at least 4 members (excludes halogenated alkanes) is 2. The number of anilines is 1. The number of nitrogens with one attached hydrogen (secondary N) is 1. The van der Waals surface area contributed by atoms with Gasteiger partial charge in [0.2, 0.25) is 0 Å². The lowest BCUT2D eigenvalue weighted by molar-refractivity contribution is 0.784. The summed E-state index contributed by atoms with van der Waals surface area (Å²) in [5, 5.41) is 12.3. The normalized spacial score (nSPS) is 9.67. The molecular formula is C11H12BrClN2. The van der Waals surface area contributed by atoms with Gasteiger partial charge in [-0.05, 0) is 47.0 Å². The fourth-order valence-electron chi connectivity index (χ4n) is 1.17. The first-order valence-electron chi connectivity index (χ1n) is 4.80. The van der Waals surface area contributed by atoms with Crippen LogP contribution in [0.1, 0.15) is 19.3 Å². The summed E-state index contributed by atoms with van der Waals surface area (Å²) in [4.78, 5) is 0. The average molecular weight is 288 g/mol. The number of hydrogen-bond donors (Lipinski definition) is 1. The van der Waals surface area contributed by atoms with Crippen molar-refractivity contribution >= 4 is 33.2 Å². The van der Waals surface area contributed by atoms with Crippen LogP contribution in [0, 0.1) is 11.3 Å². The second kappa shape index (κ2) is 6.71. The van der Waals surface area contributed by atoms with Gasteiger partial charge in [0.25, 0.3) is 0 Å². The lowest BCUT2D eigenvalue weighted by Gasteiger charge is -2.06. The van der Waals surface area contributed by atoms with Crippen LogP contribution in [-0.2, 0) is 0 Å². The van der Waals surface area contributed by atoms with Crippen LogP contribution in [0.5, 0.6) is 0 Å². The highest BCUT2D eigenvalue weighted by molar-refractivity contribution is 9.10. The molecule has 0 saturated carbocycles. The van der Waals surface area contributed by atoms with Crippen LogP contribution >= 0.6 is 27.5 Å². The van der Waals surface area contributed by atoms with Crippen LogP contribution in [0.3, 0.4) is 0 Å². The van der Waals surface area contributed by atoms with Gasteiger partial charge in [-0.15, -0.1) is 0 Å². The summed E-state index contributed by atoms with van der Waals surface area (Å²) in [6.07, 6.45) is 2.57. The van der Waals surface area contributed by atoms with Crippen molar-refractivity contribution in [3.8, 4) is 6.07 Å². The van der Waals surface area contributed by atoms with Crippen LogP contribution in [0.25, 0.3) is 0 Å². The van der Waals surface area contributed by atoms with E-state index in [4.69, 9.17) is 16.9 Å². The summed E-state index contributed by atoms with van der Waals surface area (Å²) in [6, 6.07) is 7.90. The van der Waals surface area contributed by atoms with E-state index in [0.29, 0.717) is 11.4 Å². The molecule has 2 nitrogen and oxygen atoms in total. The van der Waals surface area contributed by atoms with Crippen LogP contribution in [-0.4, -0.2) is 6.54 Å². The highest BCUT2D eigenvalue weighted by atomic mass is 79.9. The van der Waals surface area contributed by atoms with E-state index in [-0.39, 0.29) is 0 Å². The van der Waals surface area contributed by atoms with Crippen molar-refractivity contribution in [3.63, 3.8) is 0 Å². The van der Waals surface area contributed by atoms with Crippen LogP contribution in [0.2, 0.25) is 5.02 Å². The Morgan fingerprint density at radius 2 is 2.20 bits per heavy atom. The summed E-state index contributed by atoms with van der Waals surface area (Å²) >= 11 is 9.28. The summed E-state index contributed by atoms with van der Waals surface area (Å²) in [5.74, 6) is 0. The molecule has 1 aromatic carbocycles. The fourth-order valence-corrected chi connectivity index (χ4v) is 1.60. The Bertz CT molecular complexity index is 360. The molecule has 1 N–H and O–H groups in total. The Balaban J connectivity index is 2.32. The van der Waals surface area contributed by atoms with E-state index in [1.54, 1.807) is 0 Å². The molecule has 1 aromatic rings. The van der Waals surface area contributed by atoms with Gasteiger partial charge in [-0.3, -0.25) is 0 Å². The van der Waals surface area contributed by atoms with E-state index in [1.807, 2.05) is 18.2 Å². The molecule has 0 amide bonds. The SMILES string of the molecule is N#CCCCCNc1ccc(Br)c(Cl)c1. The van der Waals surface area contributed by atoms with Crippen molar-refractivity contribution in [2.24, 2.45) is 0 Å². The Morgan fingerprint density at radius 1 is 1.40 bits per heavy atom. The monoisotopic (exact) mass is 286 g/mol. The fraction of sp³-hybridized carbons (Fsp3) is 0.364. The van der Waals surface area contributed by atoms with Crippen molar-refractivity contribution in [1.29, 1.82) is 5.26 Å². The minimum Gasteiger partial charge on any atom is -0.385 e. The molecule has 0 bridgehead atoms. The predicted molar refractivity (Wildman–Crippen MR) is 67.1 cm³/mol. The van der Waals surface area contributed by atoms with Gasteiger partial charge < -0.3 is 5.32 Å². The lowest BCUT2D eigenvalue weighted by Crippen LogP contribution is -2.00. The van der Waals surface area contributed by atoms with Gasteiger partial charge in [-0.25, -0.2) is 0 Å². The second-order valence-electron chi connectivity index (χ2n) is 3.17. The molecular weight excluding hydrogens is 275 g/mol. The van der Waals surface area contributed by atoms with Crippen molar-refractivity contribution in [2.45, 2.75) is 19.3 Å². The maximum Gasteiger partial charge on any atom is 0.0621 e. The molecule has 0 aliphatic carbocycles. The van der Waals surface area contributed by atoms with E-state index < -0.39 is 0 Å². The number of halogens is 2. The minimum atomic E-state index is 0.628. The van der Waals surface area contributed by atoms with Gasteiger partial charge in [-0.1, -0.05) is 11.6 Å². The molecule has 0 aliphatic heterocycles. The first-order valence-corrected chi connectivity index (χ1v) is 5.97. The van der Waals surface area contributed by atoms with Gasteiger partial charge in [0.1, 0.15) is 0 Å². The Kier molecular flexibility index (Phi) is 5.52. The maximum absolute atomic E-state index is 8.36. The van der Waals surface area contributed by atoms with Crippen molar-refractivity contribution in [2.75, 3.05) is 11.9 Å². The standard InChI is InChI=1S/C11H12BrClN2/c12-10-5-4-9(8-11(10)13)15-7-3-1-2-6-14/h4-5,8,15H,1-3,7H2. The van der Waals surface area contributed by atoms with Gasteiger partial charge >= 0.3 is 0 Å². The molecule has 0 atom stereocenters. The molecule has 0 spiro atoms. The highest BCUT2D eigenvalue weighted by Crippen LogP contribution is 2.25. The molecule has 15 heavy (non-hydrogen) atoms. The first kappa shape index (κ1) is 12.4. The largest absolute Gasteiger partial charge is 0.385 e. The molecule has 0 aromatic heterocycles. The molecule has 1 rings (SSSR count). The van der Waals surface area contributed by atoms with Gasteiger partial charge in [0.05, 0.1) is 11.1 Å². The Morgan fingerprint density at radius 3 is 2.87 bits per heavy atom. The van der Waals surface area contributed by atoms with E-state index >= 15 is 0 Å². The summed E-state index contributed by atoms with van der Waals surface area (Å²) in [5.41, 5.74) is 1.01. The van der Waals surface area contributed by atoms with Crippen LogP contribution in [0.4, 0.5) is 5.69 Å². The molecule has 80 valence electrons. The average Bonchev–Trinajstić information content (AvgIpc) is 2.23. The zero-order valence-electron chi connectivity index (χ0n) is 8.26. The Hall–Kier alpha value is -0.720. The highest BCUT2D eigenvalue weighted by Gasteiger charge is 1.97. The Labute approximate surface area is 103 Å². The molecule has 0 radical (unpaired) electrons. The van der Waals surface area contributed by atoms with Crippen molar-refractivity contribution in [1.82, 2.24) is 0 Å². The molecule has 4 heteroatoms. The third-order valence-electron chi connectivity index (χ3n) is 1.96. The topological polar surface area (TPSA) is 35.8 Å². The smallest absolute Gasteiger partial charge is 0.0621 e. The summed E-state index contributed by atoms with van der Waals surface area (Å²) < 4.78 is 0.902. The summed E-state index contributed by atoms with van der Waals surface area (Å²) in [7, 11) is 0. The molecule has 0 fully saturated rings. The van der Waals surface area contributed by atoms with Gasteiger partial charge in [0.15, 0.2) is 0 Å². The third kappa shape index (κ3) is 4.55. The van der Waals surface area contributed by atoms with Crippen molar-refractivity contribution in [3.05, 3.63) is 27.7 Å². The number of nitriles is 1. The first-order chi connectivity index (χ1) is 7.24. The third-order valence-corrected chi connectivity index (χ3v) is 3.20. The van der Waals surface area contributed by atoms with E-state index in [9.17, 15) is 0 Å². The van der Waals surface area contributed by atoms with E-state index in [1.165, 1.54) is 0 Å². The quantitative estimate of drug-likeness (QED) is 0.824. The van der Waals surface area contributed by atoms with E-state index in [0.717, 1.165) is 29.5 Å². The van der Waals surface area contributed by atoms with Crippen LogP contribution in [0.15, 0.2) is 22.7 Å². The molecule has 0 heterocycles. The minimum absolute atomic E-state index is 0.628. The lowest BCUT2D eigenvalue weighted by atomic mass is 10.2. The zero-order valence-corrected chi connectivity index (χ0v) is 10.6. The van der Waals surface area contributed by atoms with Gasteiger partial charge in [0, 0.05) is 23.1 Å². The maximum atomic E-state index is 8.36. The van der Waals surface area contributed by atoms with Crippen molar-refractivity contribution < 1.29 is 0 Å². The second-order valence-corrected chi connectivity index (χ2v) is 4.43. The number of nitrogens with zero attached hydrogens (tertiary/aromatic N) is 1. The number of rotatable bonds is 5. The molecule has 0 aliphatic rings. The van der Waals surface area contributed by atoms with E-state index in [2.05, 4.69) is 27.3 Å². The van der Waals surface area contributed by atoms with Crippen LogP contribution < -0.4 is 5.32 Å². The number of hydrogen-bond acceptors (Lipinski definition) is 2. The van der Waals surface area contributed by atoms with Gasteiger partial charge in [-0.2, -0.15) is 5.26 Å².